The van der Waals surface area contributed by atoms with E-state index in [0.29, 0.717) is 23.0 Å². The lowest BCUT2D eigenvalue weighted by molar-refractivity contribution is 0.346. The first-order valence-corrected chi connectivity index (χ1v) is 11.3. The molecule has 4 rings (SSSR count). The molecular weight excluding hydrogens is 401 g/mol. The van der Waals surface area contributed by atoms with Crippen LogP contribution in [0.5, 0.6) is 0 Å². The van der Waals surface area contributed by atoms with Crippen molar-refractivity contribution in [2.75, 3.05) is 18.0 Å². The SMILES string of the molecule is CCC(C)(C)CN(CC(C)C)c1ccc2nc(-c3cc(F)c4nc(C)cn4c3)ncc2c1. The standard InChI is InChI=1S/C26H32FN5/c1-7-26(5,6)16-32(13-17(2)3)21-8-9-23-19(10-21)12-28-24(30-23)20-11-22(27)25-29-18(4)14-31(25)15-20/h8-12,14-15,17H,7,13,16H2,1-6H3. The van der Waals surface area contributed by atoms with Crippen LogP contribution in [0.15, 0.2) is 42.9 Å². The smallest absolute Gasteiger partial charge is 0.173 e. The Kier molecular flexibility index (Phi) is 5.89. The monoisotopic (exact) mass is 433 g/mol. The van der Waals surface area contributed by atoms with Crippen molar-refractivity contribution in [3.05, 3.63) is 54.4 Å². The predicted molar refractivity (Wildman–Crippen MR) is 130 cm³/mol. The van der Waals surface area contributed by atoms with E-state index in [1.54, 1.807) is 10.6 Å². The highest BCUT2D eigenvalue weighted by atomic mass is 19.1. The number of nitrogens with zero attached hydrogens (tertiary/aromatic N) is 5. The lowest BCUT2D eigenvalue weighted by atomic mass is 9.89. The van der Waals surface area contributed by atoms with Crippen molar-refractivity contribution in [2.45, 2.75) is 48.0 Å². The molecule has 3 aromatic heterocycles. The Morgan fingerprint density at radius 2 is 1.91 bits per heavy atom. The number of hydrogen-bond acceptors (Lipinski definition) is 4. The highest BCUT2D eigenvalue weighted by molar-refractivity contribution is 5.83. The van der Waals surface area contributed by atoms with E-state index in [2.05, 4.69) is 61.6 Å². The van der Waals surface area contributed by atoms with E-state index >= 15 is 0 Å². The third kappa shape index (κ3) is 4.59. The van der Waals surface area contributed by atoms with E-state index in [9.17, 15) is 4.39 Å². The summed E-state index contributed by atoms with van der Waals surface area (Å²) in [5.74, 6) is 0.690. The van der Waals surface area contributed by atoms with Gasteiger partial charge in [0.1, 0.15) is 0 Å². The highest BCUT2D eigenvalue weighted by Crippen LogP contribution is 2.29. The van der Waals surface area contributed by atoms with Crippen LogP contribution < -0.4 is 4.90 Å². The van der Waals surface area contributed by atoms with Gasteiger partial charge in [0.05, 0.1) is 11.2 Å². The van der Waals surface area contributed by atoms with Gasteiger partial charge in [0.25, 0.3) is 0 Å². The summed E-state index contributed by atoms with van der Waals surface area (Å²) < 4.78 is 16.2. The minimum Gasteiger partial charge on any atom is -0.371 e. The molecule has 0 saturated carbocycles. The van der Waals surface area contributed by atoms with Gasteiger partial charge in [-0.05, 0) is 48.9 Å². The van der Waals surface area contributed by atoms with Crippen molar-refractivity contribution in [1.29, 1.82) is 0 Å². The third-order valence-corrected chi connectivity index (χ3v) is 5.98. The zero-order valence-corrected chi connectivity index (χ0v) is 19.9. The van der Waals surface area contributed by atoms with Crippen LogP contribution in [0, 0.1) is 24.1 Å². The highest BCUT2D eigenvalue weighted by Gasteiger charge is 2.21. The van der Waals surface area contributed by atoms with Gasteiger partial charge in [0.2, 0.25) is 0 Å². The maximum absolute atomic E-state index is 14.5. The molecule has 4 aromatic rings. The van der Waals surface area contributed by atoms with Crippen molar-refractivity contribution in [3.8, 4) is 11.4 Å². The molecule has 0 atom stereocenters. The number of fused-ring (bicyclic) bond motifs is 2. The Balaban J connectivity index is 1.70. The molecule has 0 amide bonds. The van der Waals surface area contributed by atoms with Crippen molar-refractivity contribution in [1.82, 2.24) is 19.4 Å². The molecule has 5 nitrogen and oxygen atoms in total. The second-order valence-corrected chi connectivity index (χ2v) is 9.92. The van der Waals surface area contributed by atoms with Gasteiger partial charge in [-0.2, -0.15) is 0 Å². The van der Waals surface area contributed by atoms with E-state index in [1.807, 2.05) is 25.4 Å². The van der Waals surface area contributed by atoms with Crippen LogP contribution in [0.2, 0.25) is 0 Å². The maximum Gasteiger partial charge on any atom is 0.173 e. The summed E-state index contributed by atoms with van der Waals surface area (Å²) in [7, 11) is 0. The fourth-order valence-electron chi connectivity index (χ4n) is 3.99. The first-order valence-electron chi connectivity index (χ1n) is 11.3. The van der Waals surface area contributed by atoms with Crippen molar-refractivity contribution >= 4 is 22.2 Å². The van der Waals surface area contributed by atoms with Crippen LogP contribution in [0.1, 0.15) is 46.7 Å². The van der Waals surface area contributed by atoms with Crippen LogP contribution in [0.4, 0.5) is 10.1 Å². The average Bonchev–Trinajstić information content (AvgIpc) is 3.13. The molecule has 168 valence electrons. The number of anilines is 1. The Bertz CT molecular complexity index is 1260. The molecule has 0 radical (unpaired) electrons. The number of pyridine rings is 1. The van der Waals surface area contributed by atoms with Gasteiger partial charge < -0.3 is 9.30 Å². The molecular formula is C26H32FN5. The largest absolute Gasteiger partial charge is 0.371 e. The van der Waals surface area contributed by atoms with Crippen LogP contribution in [0.25, 0.3) is 27.9 Å². The second kappa shape index (κ2) is 8.49. The molecule has 0 fully saturated rings. The molecule has 0 spiro atoms. The first kappa shape index (κ1) is 22.2. The molecule has 0 N–H and O–H groups in total. The minimum atomic E-state index is -0.377. The Labute approximate surface area is 189 Å². The molecule has 0 saturated heterocycles. The summed E-state index contributed by atoms with van der Waals surface area (Å²) in [4.78, 5) is 16.0. The molecule has 0 aliphatic heterocycles. The van der Waals surface area contributed by atoms with Gasteiger partial charge in [0.15, 0.2) is 17.3 Å². The quantitative estimate of drug-likeness (QED) is 0.344. The molecule has 1 aromatic carbocycles. The maximum atomic E-state index is 14.5. The zero-order chi connectivity index (χ0) is 23.0. The Morgan fingerprint density at radius 3 is 2.62 bits per heavy atom. The molecule has 0 unspecified atom stereocenters. The van der Waals surface area contributed by atoms with Gasteiger partial charge in [0, 0.05) is 48.3 Å². The number of benzene rings is 1. The normalized spacial score (nSPS) is 12.2. The molecule has 0 bridgehead atoms. The Hall–Kier alpha value is -3.02. The van der Waals surface area contributed by atoms with Gasteiger partial charge >= 0.3 is 0 Å². The molecule has 6 heteroatoms. The minimum absolute atomic E-state index is 0.235. The molecule has 0 aliphatic carbocycles. The lowest BCUT2D eigenvalue weighted by Gasteiger charge is -2.35. The summed E-state index contributed by atoms with van der Waals surface area (Å²) in [5, 5.41) is 0.981. The average molecular weight is 434 g/mol. The van der Waals surface area contributed by atoms with Crippen LogP contribution >= 0.6 is 0 Å². The topological polar surface area (TPSA) is 46.3 Å². The van der Waals surface area contributed by atoms with E-state index in [1.165, 1.54) is 11.8 Å². The third-order valence-electron chi connectivity index (χ3n) is 5.98. The Morgan fingerprint density at radius 1 is 1.12 bits per heavy atom. The van der Waals surface area contributed by atoms with E-state index in [-0.39, 0.29) is 11.2 Å². The fourth-order valence-corrected chi connectivity index (χ4v) is 3.99. The number of aromatic nitrogens is 4. The molecule has 32 heavy (non-hydrogen) atoms. The summed E-state index contributed by atoms with van der Waals surface area (Å²) in [6.07, 6.45) is 6.58. The lowest BCUT2D eigenvalue weighted by Crippen LogP contribution is -2.36. The first-order chi connectivity index (χ1) is 15.1. The summed E-state index contributed by atoms with van der Waals surface area (Å²) >= 11 is 0. The van der Waals surface area contributed by atoms with Gasteiger partial charge in [-0.25, -0.2) is 19.3 Å². The van der Waals surface area contributed by atoms with Crippen LogP contribution in [0.3, 0.4) is 0 Å². The number of hydrogen-bond donors (Lipinski definition) is 0. The van der Waals surface area contributed by atoms with Crippen LogP contribution in [-0.4, -0.2) is 32.4 Å². The van der Waals surface area contributed by atoms with Crippen molar-refractivity contribution in [3.63, 3.8) is 0 Å². The zero-order valence-electron chi connectivity index (χ0n) is 19.9. The second-order valence-electron chi connectivity index (χ2n) is 9.92. The number of halogens is 1. The summed E-state index contributed by atoms with van der Waals surface area (Å²) in [5.41, 5.74) is 3.98. The number of imidazole rings is 1. The van der Waals surface area contributed by atoms with Gasteiger partial charge in [-0.1, -0.05) is 34.6 Å². The van der Waals surface area contributed by atoms with Gasteiger partial charge in [-0.15, -0.1) is 0 Å². The number of aryl methyl sites for hydroxylation is 1. The molecule has 3 heterocycles. The number of rotatable bonds is 7. The summed E-state index contributed by atoms with van der Waals surface area (Å²) in [6.45, 7) is 15.2. The predicted octanol–water partition coefficient (Wildman–Crippen LogP) is 6.29. The van der Waals surface area contributed by atoms with E-state index < -0.39 is 0 Å². The molecule has 0 aliphatic rings. The van der Waals surface area contributed by atoms with E-state index in [4.69, 9.17) is 4.98 Å². The van der Waals surface area contributed by atoms with Gasteiger partial charge in [-0.3, -0.25) is 0 Å². The van der Waals surface area contributed by atoms with Crippen LogP contribution in [-0.2, 0) is 0 Å². The van der Waals surface area contributed by atoms with Crippen molar-refractivity contribution < 1.29 is 4.39 Å². The van der Waals surface area contributed by atoms with Crippen molar-refractivity contribution in [2.24, 2.45) is 11.3 Å². The summed E-state index contributed by atoms with van der Waals surface area (Å²) in [6, 6.07) is 7.79. The fraction of sp³-hybridized carbons (Fsp3) is 0.423. The van der Waals surface area contributed by atoms with E-state index in [0.717, 1.165) is 36.1 Å².